The van der Waals surface area contributed by atoms with Crippen LogP contribution in [0.25, 0.3) is 0 Å². The van der Waals surface area contributed by atoms with Crippen molar-refractivity contribution in [3.05, 3.63) is 68.7 Å². The summed E-state index contributed by atoms with van der Waals surface area (Å²) in [4.78, 5) is 24.2. The first-order valence-corrected chi connectivity index (χ1v) is 8.40. The van der Waals surface area contributed by atoms with Crippen molar-refractivity contribution in [1.29, 1.82) is 0 Å². The molecule has 3 rings (SSSR count). The molecule has 0 fully saturated rings. The Morgan fingerprint density at radius 3 is 2.83 bits per heavy atom. The number of halogens is 1. The molecule has 0 aliphatic carbocycles. The number of carbonyl (C=O) groups is 1. The molecule has 1 atom stereocenters. The molecule has 1 aliphatic heterocycles. The maximum Gasteiger partial charge on any atom is 0.283 e. The van der Waals surface area contributed by atoms with Crippen LogP contribution >= 0.6 is 23.4 Å². The van der Waals surface area contributed by atoms with E-state index < -0.39 is 10.8 Å². The molecule has 2 aromatic rings. The lowest BCUT2D eigenvalue weighted by Crippen LogP contribution is -2.31. The standard InChI is InChI=1S/C16H13ClN2O3S/c17-11-5-3-6-13(19(21)22)15(11)16(20)18-12-8-9-23-14-7-2-1-4-10(12)14/h1-7,12H,8-9H2,(H,18,20)/t12-/m0/s1. The molecular weight excluding hydrogens is 336 g/mol. The van der Waals surface area contributed by atoms with Crippen molar-refractivity contribution in [2.24, 2.45) is 0 Å². The number of amides is 1. The van der Waals surface area contributed by atoms with Crippen LogP contribution < -0.4 is 5.32 Å². The zero-order valence-electron chi connectivity index (χ0n) is 12.0. The van der Waals surface area contributed by atoms with Gasteiger partial charge >= 0.3 is 0 Å². The lowest BCUT2D eigenvalue weighted by atomic mass is 10.0. The topological polar surface area (TPSA) is 72.2 Å². The van der Waals surface area contributed by atoms with Crippen molar-refractivity contribution < 1.29 is 9.72 Å². The van der Waals surface area contributed by atoms with Gasteiger partial charge in [0.2, 0.25) is 0 Å². The van der Waals surface area contributed by atoms with Crippen molar-refractivity contribution in [3.63, 3.8) is 0 Å². The highest BCUT2D eigenvalue weighted by Gasteiger charge is 2.27. The molecule has 1 N–H and O–H groups in total. The molecule has 7 heteroatoms. The van der Waals surface area contributed by atoms with E-state index in [-0.39, 0.29) is 22.3 Å². The van der Waals surface area contributed by atoms with E-state index in [9.17, 15) is 14.9 Å². The van der Waals surface area contributed by atoms with Gasteiger partial charge in [-0.3, -0.25) is 14.9 Å². The summed E-state index contributed by atoms with van der Waals surface area (Å²) in [5.41, 5.74) is 0.662. The summed E-state index contributed by atoms with van der Waals surface area (Å²) in [6.07, 6.45) is 0.770. The normalized spacial score (nSPS) is 16.5. The predicted octanol–water partition coefficient (Wildman–Crippen LogP) is 4.22. The van der Waals surface area contributed by atoms with E-state index in [1.54, 1.807) is 11.8 Å². The van der Waals surface area contributed by atoms with E-state index >= 15 is 0 Å². The van der Waals surface area contributed by atoms with Crippen molar-refractivity contribution in [2.75, 3.05) is 5.75 Å². The Kier molecular flexibility index (Phi) is 4.54. The average molecular weight is 349 g/mol. The van der Waals surface area contributed by atoms with Crippen molar-refractivity contribution >= 4 is 35.0 Å². The molecular formula is C16H13ClN2O3S. The van der Waals surface area contributed by atoms with Crippen LogP contribution in [-0.2, 0) is 0 Å². The van der Waals surface area contributed by atoms with Gasteiger partial charge in [-0.1, -0.05) is 35.9 Å². The van der Waals surface area contributed by atoms with E-state index in [4.69, 9.17) is 11.6 Å². The van der Waals surface area contributed by atoms with Crippen LogP contribution in [0, 0.1) is 10.1 Å². The minimum absolute atomic E-state index is 0.0789. The molecule has 0 unspecified atom stereocenters. The van der Waals surface area contributed by atoms with Gasteiger partial charge in [0, 0.05) is 16.7 Å². The maximum atomic E-state index is 12.6. The lowest BCUT2D eigenvalue weighted by molar-refractivity contribution is -0.385. The fourth-order valence-electron chi connectivity index (χ4n) is 2.61. The van der Waals surface area contributed by atoms with E-state index in [1.165, 1.54) is 18.2 Å². The number of thioether (sulfide) groups is 1. The Morgan fingerprint density at radius 2 is 2.04 bits per heavy atom. The first-order valence-electron chi connectivity index (χ1n) is 7.03. The summed E-state index contributed by atoms with van der Waals surface area (Å²) in [7, 11) is 0. The largest absolute Gasteiger partial charge is 0.345 e. The fourth-order valence-corrected chi connectivity index (χ4v) is 3.99. The summed E-state index contributed by atoms with van der Waals surface area (Å²) in [5, 5.41) is 14.1. The summed E-state index contributed by atoms with van der Waals surface area (Å²) in [5.74, 6) is 0.362. The highest BCUT2D eigenvalue weighted by molar-refractivity contribution is 7.99. The van der Waals surface area contributed by atoms with Crippen LogP contribution in [0.5, 0.6) is 0 Å². The second-order valence-electron chi connectivity index (χ2n) is 5.09. The number of nitrogens with zero attached hydrogens (tertiary/aromatic N) is 1. The summed E-state index contributed by atoms with van der Waals surface area (Å²) >= 11 is 7.76. The molecule has 2 aromatic carbocycles. The molecule has 0 bridgehead atoms. The Morgan fingerprint density at radius 1 is 1.26 bits per heavy atom. The number of hydrogen-bond donors (Lipinski definition) is 1. The Labute approximate surface area is 142 Å². The molecule has 0 saturated heterocycles. The minimum Gasteiger partial charge on any atom is -0.345 e. The van der Waals surface area contributed by atoms with Gasteiger partial charge < -0.3 is 5.32 Å². The zero-order valence-corrected chi connectivity index (χ0v) is 13.6. The molecule has 1 amide bonds. The van der Waals surface area contributed by atoms with Crippen LogP contribution in [-0.4, -0.2) is 16.6 Å². The number of fused-ring (bicyclic) bond motifs is 1. The number of carbonyl (C=O) groups excluding carboxylic acids is 1. The average Bonchev–Trinajstić information content (AvgIpc) is 2.54. The van der Waals surface area contributed by atoms with E-state index in [0.717, 1.165) is 22.6 Å². The van der Waals surface area contributed by atoms with Gasteiger partial charge in [0.15, 0.2) is 0 Å². The van der Waals surface area contributed by atoms with Crippen LogP contribution in [0.2, 0.25) is 5.02 Å². The number of hydrogen-bond acceptors (Lipinski definition) is 4. The molecule has 0 saturated carbocycles. The number of nitro groups is 1. The van der Waals surface area contributed by atoms with Gasteiger partial charge in [0.25, 0.3) is 11.6 Å². The number of nitrogens with one attached hydrogen (secondary N) is 1. The van der Waals surface area contributed by atoms with Crippen molar-refractivity contribution in [2.45, 2.75) is 17.4 Å². The molecule has 5 nitrogen and oxygen atoms in total. The zero-order chi connectivity index (χ0) is 16.4. The smallest absolute Gasteiger partial charge is 0.283 e. The van der Waals surface area contributed by atoms with Crippen molar-refractivity contribution in [3.8, 4) is 0 Å². The number of rotatable bonds is 3. The second kappa shape index (κ2) is 6.60. The highest BCUT2D eigenvalue weighted by atomic mass is 35.5. The number of benzene rings is 2. The van der Waals surface area contributed by atoms with Gasteiger partial charge in [0.05, 0.1) is 16.0 Å². The van der Waals surface area contributed by atoms with E-state index in [1.807, 2.05) is 24.3 Å². The third-order valence-corrected chi connectivity index (χ3v) is 5.12. The summed E-state index contributed by atoms with van der Waals surface area (Å²) < 4.78 is 0. The molecule has 1 heterocycles. The van der Waals surface area contributed by atoms with Crippen LogP contribution in [0.1, 0.15) is 28.4 Å². The molecule has 0 aromatic heterocycles. The maximum absolute atomic E-state index is 12.6. The summed E-state index contributed by atoms with van der Waals surface area (Å²) in [6, 6.07) is 11.9. The molecule has 1 aliphatic rings. The monoisotopic (exact) mass is 348 g/mol. The highest BCUT2D eigenvalue weighted by Crippen LogP contribution is 2.36. The predicted molar refractivity (Wildman–Crippen MR) is 90.1 cm³/mol. The van der Waals surface area contributed by atoms with Gasteiger partial charge in [0.1, 0.15) is 5.56 Å². The SMILES string of the molecule is O=C(N[C@H]1CCSc2ccccc21)c1c(Cl)cccc1[N+](=O)[O-]. The third kappa shape index (κ3) is 3.18. The minimum atomic E-state index is -0.592. The van der Waals surface area contributed by atoms with Crippen LogP contribution in [0.4, 0.5) is 5.69 Å². The lowest BCUT2D eigenvalue weighted by Gasteiger charge is -2.26. The Balaban J connectivity index is 1.91. The van der Waals surface area contributed by atoms with Crippen molar-refractivity contribution in [1.82, 2.24) is 5.32 Å². The molecule has 23 heavy (non-hydrogen) atoms. The van der Waals surface area contributed by atoms with Gasteiger partial charge in [-0.25, -0.2) is 0 Å². The molecule has 118 valence electrons. The Bertz CT molecular complexity index is 782. The third-order valence-electron chi connectivity index (χ3n) is 3.68. The molecule has 0 radical (unpaired) electrons. The van der Waals surface area contributed by atoms with Crippen LogP contribution in [0.3, 0.4) is 0 Å². The van der Waals surface area contributed by atoms with Gasteiger partial charge in [-0.15, -0.1) is 11.8 Å². The van der Waals surface area contributed by atoms with Gasteiger partial charge in [-0.05, 0) is 24.1 Å². The van der Waals surface area contributed by atoms with E-state index in [2.05, 4.69) is 5.32 Å². The molecule has 0 spiro atoms. The second-order valence-corrected chi connectivity index (χ2v) is 6.64. The fraction of sp³-hybridized carbons (Fsp3) is 0.188. The van der Waals surface area contributed by atoms with E-state index in [0.29, 0.717) is 0 Å². The van der Waals surface area contributed by atoms with Gasteiger partial charge in [-0.2, -0.15) is 0 Å². The summed E-state index contributed by atoms with van der Waals surface area (Å²) in [6.45, 7) is 0. The quantitative estimate of drug-likeness (QED) is 0.666. The first kappa shape index (κ1) is 15.8. The first-order chi connectivity index (χ1) is 11.1. The van der Waals surface area contributed by atoms with Crippen LogP contribution in [0.15, 0.2) is 47.4 Å². The number of nitro benzene ring substituents is 1. The Hall–Kier alpha value is -2.05.